The molecule has 106 valence electrons. The van der Waals surface area contributed by atoms with E-state index >= 15 is 0 Å². The minimum Gasteiger partial charge on any atom is -0.489 e. The summed E-state index contributed by atoms with van der Waals surface area (Å²) in [7, 11) is 0. The number of benzene rings is 1. The second kappa shape index (κ2) is 6.49. The highest BCUT2D eigenvalue weighted by atomic mass is 35.5. The van der Waals surface area contributed by atoms with E-state index in [-0.39, 0.29) is 6.10 Å². The normalized spacial score (nSPS) is 20.6. The molecule has 0 amide bonds. The summed E-state index contributed by atoms with van der Waals surface area (Å²) in [5.41, 5.74) is 1.03. The lowest BCUT2D eigenvalue weighted by Crippen LogP contribution is -2.26. The minimum absolute atomic E-state index is 0.130. The third-order valence-corrected chi connectivity index (χ3v) is 3.66. The Balaban J connectivity index is 1.99. The third kappa shape index (κ3) is 4.02. The van der Waals surface area contributed by atoms with Crippen molar-refractivity contribution in [1.29, 1.82) is 0 Å². The van der Waals surface area contributed by atoms with E-state index in [1.54, 1.807) is 0 Å². The number of anilines is 1. The monoisotopic (exact) mass is 283 g/mol. The predicted molar refractivity (Wildman–Crippen MR) is 79.2 cm³/mol. The smallest absolute Gasteiger partial charge is 0.138 e. The average molecular weight is 284 g/mol. The van der Waals surface area contributed by atoms with Crippen LogP contribution in [0.3, 0.4) is 0 Å². The van der Waals surface area contributed by atoms with Crippen molar-refractivity contribution in [3.05, 3.63) is 23.2 Å². The SMILES string of the molecule is CC(C)Oc1ccc(NC(C)C2CCOC2)cc1Cl. The first kappa shape index (κ1) is 14.5. The lowest BCUT2D eigenvalue weighted by Gasteiger charge is -2.21. The molecule has 2 rings (SSSR count). The van der Waals surface area contributed by atoms with Crippen molar-refractivity contribution in [2.75, 3.05) is 18.5 Å². The largest absolute Gasteiger partial charge is 0.489 e. The van der Waals surface area contributed by atoms with Gasteiger partial charge in [0.1, 0.15) is 5.75 Å². The van der Waals surface area contributed by atoms with E-state index in [0.29, 0.717) is 17.0 Å². The van der Waals surface area contributed by atoms with Crippen LogP contribution in [0, 0.1) is 5.92 Å². The first-order valence-electron chi connectivity index (χ1n) is 6.86. The van der Waals surface area contributed by atoms with Crippen molar-refractivity contribution in [3.63, 3.8) is 0 Å². The molecule has 2 atom stereocenters. The average Bonchev–Trinajstić information content (AvgIpc) is 2.86. The molecule has 1 fully saturated rings. The number of halogens is 1. The zero-order valence-electron chi connectivity index (χ0n) is 11.8. The number of hydrogen-bond acceptors (Lipinski definition) is 3. The molecule has 0 aliphatic carbocycles. The first-order valence-corrected chi connectivity index (χ1v) is 7.24. The van der Waals surface area contributed by atoms with Crippen molar-refractivity contribution in [2.24, 2.45) is 5.92 Å². The van der Waals surface area contributed by atoms with Crippen LogP contribution in [0.2, 0.25) is 5.02 Å². The first-order chi connectivity index (χ1) is 9.06. The van der Waals surface area contributed by atoms with E-state index in [4.69, 9.17) is 21.1 Å². The lowest BCUT2D eigenvalue weighted by atomic mass is 10.0. The van der Waals surface area contributed by atoms with Crippen LogP contribution in [-0.4, -0.2) is 25.4 Å². The molecule has 19 heavy (non-hydrogen) atoms. The highest BCUT2D eigenvalue weighted by Crippen LogP contribution is 2.29. The van der Waals surface area contributed by atoms with Crippen molar-refractivity contribution in [2.45, 2.75) is 39.3 Å². The highest BCUT2D eigenvalue weighted by molar-refractivity contribution is 6.32. The molecule has 1 aliphatic rings. The van der Waals surface area contributed by atoms with Crippen LogP contribution in [0.15, 0.2) is 18.2 Å². The lowest BCUT2D eigenvalue weighted by molar-refractivity contribution is 0.183. The second-order valence-electron chi connectivity index (χ2n) is 5.37. The summed E-state index contributed by atoms with van der Waals surface area (Å²) >= 11 is 6.23. The molecule has 1 aromatic carbocycles. The van der Waals surface area contributed by atoms with Gasteiger partial charge in [0.2, 0.25) is 0 Å². The Bertz CT molecular complexity index is 417. The van der Waals surface area contributed by atoms with Crippen molar-refractivity contribution in [3.8, 4) is 5.75 Å². The predicted octanol–water partition coefficient (Wildman–Crippen LogP) is 3.96. The van der Waals surface area contributed by atoms with E-state index in [2.05, 4.69) is 12.2 Å². The summed E-state index contributed by atoms with van der Waals surface area (Å²) < 4.78 is 11.0. The number of hydrogen-bond donors (Lipinski definition) is 1. The summed E-state index contributed by atoms with van der Waals surface area (Å²) in [6.45, 7) is 7.89. The Hall–Kier alpha value is -0.930. The van der Waals surface area contributed by atoms with Gasteiger partial charge in [0.15, 0.2) is 0 Å². The summed E-state index contributed by atoms with van der Waals surface area (Å²) in [5.74, 6) is 1.31. The zero-order chi connectivity index (χ0) is 13.8. The Kier molecular flexibility index (Phi) is 4.94. The van der Waals surface area contributed by atoms with E-state index in [9.17, 15) is 0 Å². The molecular weight excluding hydrogens is 262 g/mol. The molecule has 1 N–H and O–H groups in total. The van der Waals surface area contributed by atoms with Crippen LogP contribution < -0.4 is 10.1 Å². The van der Waals surface area contributed by atoms with Crippen LogP contribution in [0.25, 0.3) is 0 Å². The molecule has 0 radical (unpaired) electrons. The van der Waals surface area contributed by atoms with E-state index in [1.165, 1.54) is 0 Å². The van der Waals surface area contributed by atoms with Gasteiger partial charge in [0, 0.05) is 24.3 Å². The topological polar surface area (TPSA) is 30.5 Å². The summed E-state index contributed by atoms with van der Waals surface area (Å²) in [6, 6.07) is 6.24. The maximum absolute atomic E-state index is 6.23. The number of ether oxygens (including phenoxy) is 2. The van der Waals surface area contributed by atoms with Crippen LogP contribution >= 0.6 is 11.6 Å². The van der Waals surface area contributed by atoms with Gasteiger partial charge in [-0.15, -0.1) is 0 Å². The summed E-state index contributed by atoms with van der Waals surface area (Å²) in [5, 5.41) is 4.13. The van der Waals surface area contributed by atoms with Crippen molar-refractivity contribution < 1.29 is 9.47 Å². The van der Waals surface area contributed by atoms with Crippen LogP contribution in [-0.2, 0) is 4.74 Å². The zero-order valence-corrected chi connectivity index (χ0v) is 12.5. The van der Waals surface area contributed by atoms with Gasteiger partial charge < -0.3 is 14.8 Å². The molecule has 1 aliphatic heterocycles. The van der Waals surface area contributed by atoms with Crippen LogP contribution in [0.5, 0.6) is 5.75 Å². The molecule has 1 aromatic rings. The maximum atomic E-state index is 6.23. The quantitative estimate of drug-likeness (QED) is 0.887. The Morgan fingerprint density at radius 3 is 2.74 bits per heavy atom. The number of rotatable bonds is 5. The van der Waals surface area contributed by atoms with Crippen LogP contribution in [0.4, 0.5) is 5.69 Å². The van der Waals surface area contributed by atoms with Gasteiger partial charge in [-0.1, -0.05) is 11.6 Å². The van der Waals surface area contributed by atoms with E-state index < -0.39 is 0 Å². The van der Waals surface area contributed by atoms with Gasteiger partial charge in [-0.25, -0.2) is 0 Å². The van der Waals surface area contributed by atoms with Gasteiger partial charge in [0.25, 0.3) is 0 Å². The maximum Gasteiger partial charge on any atom is 0.138 e. The Labute approximate surface area is 120 Å². The highest BCUT2D eigenvalue weighted by Gasteiger charge is 2.22. The van der Waals surface area contributed by atoms with Crippen molar-refractivity contribution in [1.82, 2.24) is 0 Å². The molecule has 1 saturated heterocycles. The molecular formula is C15H22ClNO2. The fraction of sp³-hybridized carbons (Fsp3) is 0.600. The van der Waals surface area contributed by atoms with Crippen LogP contribution in [0.1, 0.15) is 27.2 Å². The Morgan fingerprint density at radius 2 is 2.16 bits per heavy atom. The minimum atomic E-state index is 0.130. The third-order valence-electron chi connectivity index (χ3n) is 3.36. The fourth-order valence-corrected chi connectivity index (χ4v) is 2.49. The number of nitrogens with one attached hydrogen (secondary N) is 1. The van der Waals surface area contributed by atoms with Gasteiger partial charge in [0.05, 0.1) is 17.7 Å². The molecule has 1 heterocycles. The van der Waals surface area contributed by atoms with Gasteiger partial charge in [-0.3, -0.25) is 0 Å². The molecule has 4 heteroatoms. The molecule has 2 unspecified atom stereocenters. The summed E-state index contributed by atoms with van der Waals surface area (Å²) in [4.78, 5) is 0. The molecule has 0 saturated carbocycles. The molecule has 0 bridgehead atoms. The fourth-order valence-electron chi connectivity index (χ4n) is 2.27. The van der Waals surface area contributed by atoms with Gasteiger partial charge in [-0.2, -0.15) is 0 Å². The molecule has 3 nitrogen and oxygen atoms in total. The van der Waals surface area contributed by atoms with Crippen molar-refractivity contribution >= 4 is 17.3 Å². The molecule has 0 aromatic heterocycles. The standard InChI is InChI=1S/C15H22ClNO2/c1-10(2)19-15-5-4-13(8-14(15)16)17-11(3)12-6-7-18-9-12/h4-5,8,10-12,17H,6-7,9H2,1-3H3. The van der Waals surface area contributed by atoms with Gasteiger partial charge >= 0.3 is 0 Å². The second-order valence-corrected chi connectivity index (χ2v) is 5.78. The van der Waals surface area contributed by atoms with Gasteiger partial charge in [-0.05, 0) is 45.4 Å². The van der Waals surface area contributed by atoms with E-state index in [0.717, 1.165) is 31.1 Å². The molecule has 0 spiro atoms. The summed E-state index contributed by atoms with van der Waals surface area (Å²) in [6.07, 6.45) is 1.25. The Morgan fingerprint density at radius 1 is 1.37 bits per heavy atom. The van der Waals surface area contributed by atoms with E-state index in [1.807, 2.05) is 32.0 Å².